The number of nitrogens with zero attached hydrogens (tertiary/aromatic N) is 2. The first-order chi connectivity index (χ1) is 9.61. The summed E-state index contributed by atoms with van der Waals surface area (Å²) in [5.41, 5.74) is 2.07. The zero-order valence-electron chi connectivity index (χ0n) is 11.7. The molecule has 20 heavy (non-hydrogen) atoms. The fraction of sp³-hybridized carbons (Fsp3) is 0.400. The topological polar surface area (TPSA) is 63.1 Å². The SMILES string of the molecule is CCCc1nc(SCCC(=O)O)c2c(C)cccc2n1. The van der Waals surface area contributed by atoms with Gasteiger partial charge >= 0.3 is 5.97 Å². The standard InChI is InChI=1S/C15H18N2O2S/c1-3-5-12-16-11-7-4-6-10(2)14(11)15(17-12)20-9-8-13(18)19/h4,6-7H,3,5,8-9H2,1-2H3,(H,18,19). The van der Waals surface area contributed by atoms with Gasteiger partial charge in [-0.15, -0.1) is 11.8 Å². The fourth-order valence-electron chi connectivity index (χ4n) is 2.04. The molecule has 0 saturated heterocycles. The van der Waals surface area contributed by atoms with Crippen molar-refractivity contribution in [1.29, 1.82) is 0 Å². The Morgan fingerprint density at radius 2 is 2.15 bits per heavy atom. The Bertz CT molecular complexity index is 629. The number of fused-ring (bicyclic) bond motifs is 1. The summed E-state index contributed by atoms with van der Waals surface area (Å²) in [6, 6.07) is 6.02. The highest BCUT2D eigenvalue weighted by atomic mass is 32.2. The van der Waals surface area contributed by atoms with Crippen LogP contribution in [0.5, 0.6) is 0 Å². The van der Waals surface area contributed by atoms with Crippen molar-refractivity contribution in [3.8, 4) is 0 Å². The molecule has 0 spiro atoms. The highest BCUT2D eigenvalue weighted by Crippen LogP contribution is 2.28. The lowest BCUT2D eigenvalue weighted by Gasteiger charge is -2.09. The lowest BCUT2D eigenvalue weighted by Crippen LogP contribution is -2.01. The van der Waals surface area contributed by atoms with Gasteiger partial charge in [-0.3, -0.25) is 4.79 Å². The molecular formula is C15H18N2O2S. The summed E-state index contributed by atoms with van der Waals surface area (Å²) in [5, 5.41) is 10.7. The average molecular weight is 290 g/mol. The van der Waals surface area contributed by atoms with E-state index in [1.165, 1.54) is 11.8 Å². The van der Waals surface area contributed by atoms with Crippen LogP contribution in [0.2, 0.25) is 0 Å². The first kappa shape index (κ1) is 14.8. The van der Waals surface area contributed by atoms with E-state index in [4.69, 9.17) is 5.11 Å². The molecule has 0 amide bonds. The first-order valence-corrected chi connectivity index (χ1v) is 7.71. The Morgan fingerprint density at radius 1 is 1.35 bits per heavy atom. The van der Waals surface area contributed by atoms with Gasteiger partial charge in [0.15, 0.2) is 0 Å². The number of aliphatic carboxylic acids is 1. The van der Waals surface area contributed by atoms with E-state index >= 15 is 0 Å². The summed E-state index contributed by atoms with van der Waals surface area (Å²) in [7, 11) is 0. The third kappa shape index (κ3) is 3.48. The zero-order valence-corrected chi connectivity index (χ0v) is 12.5. The van der Waals surface area contributed by atoms with Gasteiger partial charge in [-0.25, -0.2) is 9.97 Å². The minimum Gasteiger partial charge on any atom is -0.481 e. The van der Waals surface area contributed by atoms with E-state index in [9.17, 15) is 4.79 Å². The molecule has 2 aromatic rings. The van der Waals surface area contributed by atoms with E-state index in [2.05, 4.69) is 16.9 Å². The van der Waals surface area contributed by atoms with Gasteiger partial charge in [0.05, 0.1) is 11.9 Å². The number of carboxylic acid groups (broad SMARTS) is 1. The number of hydrogen-bond acceptors (Lipinski definition) is 4. The lowest BCUT2D eigenvalue weighted by molar-refractivity contribution is -0.136. The Morgan fingerprint density at radius 3 is 2.85 bits per heavy atom. The smallest absolute Gasteiger partial charge is 0.304 e. The molecule has 5 heteroatoms. The molecule has 106 valence electrons. The summed E-state index contributed by atoms with van der Waals surface area (Å²) < 4.78 is 0. The predicted molar refractivity (Wildman–Crippen MR) is 81.2 cm³/mol. The Labute approximate surface area is 122 Å². The molecule has 4 nitrogen and oxygen atoms in total. The number of benzene rings is 1. The molecule has 0 aliphatic heterocycles. The van der Waals surface area contributed by atoms with Crippen LogP contribution in [0.25, 0.3) is 10.9 Å². The molecule has 1 heterocycles. The van der Waals surface area contributed by atoms with Crippen molar-refractivity contribution in [3.63, 3.8) is 0 Å². The van der Waals surface area contributed by atoms with Gasteiger partial charge in [-0.2, -0.15) is 0 Å². The summed E-state index contributed by atoms with van der Waals surface area (Å²) in [6.07, 6.45) is 1.98. The third-order valence-corrected chi connectivity index (χ3v) is 3.95. The van der Waals surface area contributed by atoms with E-state index in [1.54, 1.807) is 0 Å². The zero-order chi connectivity index (χ0) is 14.5. The lowest BCUT2D eigenvalue weighted by atomic mass is 10.1. The van der Waals surface area contributed by atoms with Gasteiger partial charge in [0, 0.05) is 17.6 Å². The van der Waals surface area contributed by atoms with Gasteiger partial charge in [-0.1, -0.05) is 19.1 Å². The van der Waals surface area contributed by atoms with Gasteiger partial charge in [-0.05, 0) is 25.0 Å². The van der Waals surface area contributed by atoms with E-state index in [0.29, 0.717) is 5.75 Å². The monoisotopic (exact) mass is 290 g/mol. The summed E-state index contributed by atoms with van der Waals surface area (Å²) >= 11 is 1.50. The second kappa shape index (κ2) is 6.70. The maximum atomic E-state index is 10.6. The highest BCUT2D eigenvalue weighted by molar-refractivity contribution is 7.99. The predicted octanol–water partition coefficient (Wildman–Crippen LogP) is 3.46. The largest absolute Gasteiger partial charge is 0.481 e. The minimum absolute atomic E-state index is 0.144. The maximum Gasteiger partial charge on any atom is 0.304 e. The van der Waals surface area contributed by atoms with Crippen LogP contribution in [0, 0.1) is 6.92 Å². The Balaban J connectivity index is 2.39. The number of hydrogen-bond donors (Lipinski definition) is 1. The van der Waals surface area contributed by atoms with E-state index < -0.39 is 5.97 Å². The van der Waals surface area contributed by atoms with Crippen LogP contribution < -0.4 is 0 Å². The molecule has 0 aliphatic carbocycles. The van der Waals surface area contributed by atoms with Crippen molar-refractivity contribution < 1.29 is 9.90 Å². The Hall–Kier alpha value is -1.62. The van der Waals surface area contributed by atoms with Crippen molar-refractivity contribution in [2.24, 2.45) is 0 Å². The molecule has 0 atom stereocenters. The molecule has 0 bridgehead atoms. The molecule has 0 saturated carbocycles. The van der Waals surface area contributed by atoms with Gasteiger partial charge in [0.1, 0.15) is 10.9 Å². The van der Waals surface area contributed by atoms with Crippen LogP contribution in [-0.2, 0) is 11.2 Å². The molecule has 0 fully saturated rings. The molecule has 0 unspecified atom stereocenters. The van der Waals surface area contributed by atoms with Crippen LogP contribution in [0.1, 0.15) is 31.2 Å². The van der Waals surface area contributed by atoms with Crippen LogP contribution in [0.15, 0.2) is 23.2 Å². The number of aryl methyl sites for hydroxylation is 2. The van der Waals surface area contributed by atoms with Crippen molar-refractivity contribution in [1.82, 2.24) is 9.97 Å². The van der Waals surface area contributed by atoms with Crippen LogP contribution in [-0.4, -0.2) is 26.8 Å². The van der Waals surface area contributed by atoms with E-state index in [-0.39, 0.29) is 6.42 Å². The molecule has 1 N–H and O–H groups in total. The van der Waals surface area contributed by atoms with Crippen LogP contribution in [0.3, 0.4) is 0 Å². The molecule has 0 aliphatic rings. The van der Waals surface area contributed by atoms with Gasteiger partial charge in [0.2, 0.25) is 0 Å². The molecule has 2 rings (SSSR count). The normalized spacial score (nSPS) is 10.9. The van der Waals surface area contributed by atoms with E-state index in [0.717, 1.165) is 40.2 Å². The van der Waals surface area contributed by atoms with Crippen molar-refractivity contribution in [2.75, 3.05) is 5.75 Å². The van der Waals surface area contributed by atoms with Crippen molar-refractivity contribution in [3.05, 3.63) is 29.6 Å². The summed E-state index contributed by atoms with van der Waals surface area (Å²) in [5.74, 6) is 0.589. The number of carboxylic acids is 1. The number of aromatic nitrogens is 2. The van der Waals surface area contributed by atoms with Gasteiger partial charge < -0.3 is 5.11 Å². The van der Waals surface area contributed by atoms with Crippen LogP contribution in [0.4, 0.5) is 0 Å². The minimum atomic E-state index is -0.777. The number of rotatable bonds is 6. The summed E-state index contributed by atoms with van der Waals surface area (Å²) in [6.45, 7) is 4.13. The van der Waals surface area contributed by atoms with Gasteiger partial charge in [0.25, 0.3) is 0 Å². The second-order valence-electron chi connectivity index (χ2n) is 4.66. The maximum absolute atomic E-state index is 10.6. The molecule has 1 aromatic heterocycles. The second-order valence-corrected chi connectivity index (χ2v) is 5.74. The van der Waals surface area contributed by atoms with Crippen molar-refractivity contribution >= 4 is 28.6 Å². The average Bonchev–Trinajstić information content (AvgIpc) is 2.38. The first-order valence-electron chi connectivity index (χ1n) is 6.72. The Kier molecular flexibility index (Phi) is 4.95. The van der Waals surface area contributed by atoms with E-state index in [1.807, 2.05) is 25.1 Å². The number of carbonyl (C=O) groups is 1. The molecule has 1 aromatic carbocycles. The third-order valence-electron chi connectivity index (χ3n) is 2.97. The molecular weight excluding hydrogens is 272 g/mol. The van der Waals surface area contributed by atoms with Crippen LogP contribution >= 0.6 is 11.8 Å². The highest BCUT2D eigenvalue weighted by Gasteiger charge is 2.10. The summed E-state index contributed by atoms with van der Waals surface area (Å²) in [4.78, 5) is 19.8. The molecule has 0 radical (unpaired) electrons. The number of thioether (sulfide) groups is 1. The quantitative estimate of drug-likeness (QED) is 0.652. The fourth-order valence-corrected chi connectivity index (χ4v) is 3.09. The van der Waals surface area contributed by atoms with Crippen molar-refractivity contribution in [2.45, 2.75) is 38.1 Å².